The molecule has 1 aromatic rings. The highest BCUT2D eigenvalue weighted by molar-refractivity contribution is 5.85. The van der Waals surface area contributed by atoms with E-state index in [1.165, 1.54) is 6.07 Å². The number of ether oxygens (including phenoxy) is 1. The summed E-state index contributed by atoms with van der Waals surface area (Å²) < 4.78 is 18.5. The molecule has 9 heteroatoms. The molecule has 22 heavy (non-hydrogen) atoms. The normalized spacial score (nSPS) is 14.8. The van der Waals surface area contributed by atoms with Crippen LogP contribution >= 0.6 is 12.4 Å². The van der Waals surface area contributed by atoms with Crippen molar-refractivity contribution in [2.24, 2.45) is 0 Å². The van der Waals surface area contributed by atoms with Crippen LogP contribution in [-0.4, -0.2) is 36.6 Å². The SMILES string of the molecule is Cl.O=C(COc1ccc([N+](=O)[O-])c(F)c1)NC1CCNCC1. The highest BCUT2D eigenvalue weighted by Crippen LogP contribution is 2.22. The maximum Gasteiger partial charge on any atom is 0.305 e. The molecule has 0 radical (unpaired) electrons. The number of piperidine rings is 1. The average molecular weight is 334 g/mol. The molecule has 1 aliphatic heterocycles. The number of nitrogens with zero attached hydrogens (tertiary/aromatic N) is 1. The minimum Gasteiger partial charge on any atom is -0.484 e. The van der Waals surface area contributed by atoms with E-state index < -0.39 is 16.4 Å². The lowest BCUT2D eigenvalue weighted by Gasteiger charge is -2.23. The van der Waals surface area contributed by atoms with E-state index in [2.05, 4.69) is 10.6 Å². The van der Waals surface area contributed by atoms with Crippen molar-refractivity contribution in [2.45, 2.75) is 18.9 Å². The molecule has 1 saturated heterocycles. The Balaban J connectivity index is 0.00000242. The standard InChI is InChI=1S/C13H16FN3O4.ClH/c14-11-7-10(1-2-12(11)17(19)20)21-8-13(18)16-9-3-5-15-6-4-9;/h1-2,7,9,15H,3-6,8H2,(H,16,18);1H. The van der Waals surface area contributed by atoms with E-state index in [1.807, 2.05) is 0 Å². The Morgan fingerprint density at radius 3 is 2.73 bits per heavy atom. The summed E-state index contributed by atoms with van der Waals surface area (Å²) in [6.45, 7) is 1.47. The summed E-state index contributed by atoms with van der Waals surface area (Å²) in [6.07, 6.45) is 1.72. The van der Waals surface area contributed by atoms with Gasteiger partial charge in [0.15, 0.2) is 6.61 Å². The molecular weight excluding hydrogens is 317 g/mol. The second kappa shape index (κ2) is 8.50. The van der Waals surface area contributed by atoms with Crippen LogP contribution in [-0.2, 0) is 4.79 Å². The van der Waals surface area contributed by atoms with Gasteiger partial charge in [0.25, 0.3) is 5.91 Å². The Bertz CT molecular complexity index is 538. The first-order valence-electron chi connectivity index (χ1n) is 6.63. The fourth-order valence-corrected chi connectivity index (χ4v) is 2.11. The molecule has 0 aromatic heterocycles. The monoisotopic (exact) mass is 333 g/mol. The highest BCUT2D eigenvalue weighted by atomic mass is 35.5. The Morgan fingerprint density at radius 1 is 1.45 bits per heavy atom. The Kier molecular flexibility index (Phi) is 7.00. The van der Waals surface area contributed by atoms with Gasteiger partial charge in [-0.3, -0.25) is 14.9 Å². The van der Waals surface area contributed by atoms with Crippen molar-refractivity contribution in [3.05, 3.63) is 34.1 Å². The number of nitro groups is 1. The number of nitro benzene ring substituents is 1. The van der Waals surface area contributed by atoms with Gasteiger partial charge >= 0.3 is 5.69 Å². The van der Waals surface area contributed by atoms with Crippen LogP contribution in [0.5, 0.6) is 5.75 Å². The largest absolute Gasteiger partial charge is 0.484 e. The molecule has 0 bridgehead atoms. The van der Waals surface area contributed by atoms with Crippen LogP contribution in [0.4, 0.5) is 10.1 Å². The van der Waals surface area contributed by atoms with E-state index in [9.17, 15) is 19.3 Å². The third kappa shape index (κ3) is 5.12. The molecule has 1 aliphatic rings. The zero-order valence-electron chi connectivity index (χ0n) is 11.7. The molecule has 1 amide bonds. The van der Waals surface area contributed by atoms with E-state index in [0.717, 1.165) is 38.1 Å². The van der Waals surface area contributed by atoms with Crippen molar-refractivity contribution < 1.29 is 18.8 Å². The van der Waals surface area contributed by atoms with Crippen LogP contribution < -0.4 is 15.4 Å². The van der Waals surface area contributed by atoms with Gasteiger partial charge in [-0.1, -0.05) is 0 Å². The molecule has 1 aromatic carbocycles. The number of rotatable bonds is 5. The van der Waals surface area contributed by atoms with E-state index in [4.69, 9.17) is 4.74 Å². The van der Waals surface area contributed by atoms with Crippen molar-refractivity contribution in [1.82, 2.24) is 10.6 Å². The van der Waals surface area contributed by atoms with Gasteiger partial charge in [-0.15, -0.1) is 12.4 Å². The third-order valence-corrected chi connectivity index (χ3v) is 3.19. The van der Waals surface area contributed by atoms with Crippen molar-refractivity contribution in [1.29, 1.82) is 0 Å². The zero-order chi connectivity index (χ0) is 15.2. The number of hydrogen-bond acceptors (Lipinski definition) is 5. The number of halogens is 2. The summed E-state index contributed by atoms with van der Waals surface area (Å²) in [5, 5.41) is 16.5. The van der Waals surface area contributed by atoms with Crippen molar-refractivity contribution >= 4 is 24.0 Å². The molecule has 1 heterocycles. The molecule has 7 nitrogen and oxygen atoms in total. The fourth-order valence-electron chi connectivity index (χ4n) is 2.11. The summed E-state index contributed by atoms with van der Waals surface area (Å²) in [5.74, 6) is -1.20. The first-order chi connectivity index (χ1) is 10.1. The van der Waals surface area contributed by atoms with Crippen LogP contribution in [0.2, 0.25) is 0 Å². The lowest BCUT2D eigenvalue weighted by Crippen LogP contribution is -2.44. The Morgan fingerprint density at radius 2 is 2.14 bits per heavy atom. The quantitative estimate of drug-likeness (QED) is 0.627. The molecule has 1 fully saturated rings. The summed E-state index contributed by atoms with van der Waals surface area (Å²) in [7, 11) is 0. The maximum atomic E-state index is 13.4. The summed E-state index contributed by atoms with van der Waals surface area (Å²) in [5.41, 5.74) is -0.624. The molecule has 2 N–H and O–H groups in total. The molecule has 0 atom stereocenters. The zero-order valence-corrected chi connectivity index (χ0v) is 12.5. The summed E-state index contributed by atoms with van der Waals surface area (Å²) in [6, 6.07) is 3.29. The van der Waals surface area contributed by atoms with Crippen molar-refractivity contribution in [3.8, 4) is 5.75 Å². The van der Waals surface area contributed by atoms with Crippen LogP contribution in [0.15, 0.2) is 18.2 Å². The summed E-state index contributed by atoms with van der Waals surface area (Å²) in [4.78, 5) is 21.3. The lowest BCUT2D eigenvalue weighted by molar-refractivity contribution is -0.387. The van der Waals surface area contributed by atoms with Gasteiger partial charge < -0.3 is 15.4 Å². The Hall–Kier alpha value is -1.93. The molecule has 122 valence electrons. The number of benzene rings is 1. The Labute approximate surface area is 132 Å². The predicted octanol–water partition coefficient (Wildman–Crippen LogP) is 1.40. The molecule has 0 saturated carbocycles. The minimum atomic E-state index is -0.990. The molecule has 2 rings (SSSR count). The number of carbonyl (C=O) groups is 1. The maximum absolute atomic E-state index is 13.4. The first kappa shape index (κ1) is 18.1. The summed E-state index contributed by atoms with van der Waals surface area (Å²) >= 11 is 0. The topological polar surface area (TPSA) is 93.5 Å². The second-order valence-electron chi connectivity index (χ2n) is 4.75. The van der Waals surface area contributed by atoms with E-state index in [-0.39, 0.29) is 36.7 Å². The van der Waals surface area contributed by atoms with Crippen molar-refractivity contribution in [2.75, 3.05) is 19.7 Å². The number of amides is 1. The number of hydrogen-bond donors (Lipinski definition) is 2. The van der Waals surface area contributed by atoms with Crippen molar-refractivity contribution in [3.63, 3.8) is 0 Å². The van der Waals surface area contributed by atoms with Gasteiger partial charge in [0, 0.05) is 18.2 Å². The predicted molar refractivity (Wildman–Crippen MR) is 79.8 cm³/mol. The average Bonchev–Trinajstić information content (AvgIpc) is 2.46. The van der Waals surface area contributed by atoms with Gasteiger partial charge in [-0.05, 0) is 32.0 Å². The number of nitrogens with one attached hydrogen (secondary N) is 2. The number of carbonyl (C=O) groups excluding carboxylic acids is 1. The van der Waals surface area contributed by atoms with Gasteiger partial charge in [0.2, 0.25) is 5.82 Å². The van der Waals surface area contributed by atoms with Crippen LogP contribution in [0.25, 0.3) is 0 Å². The fraction of sp³-hybridized carbons (Fsp3) is 0.462. The van der Waals surface area contributed by atoms with Gasteiger partial charge in [-0.2, -0.15) is 4.39 Å². The van der Waals surface area contributed by atoms with Crippen LogP contribution in [0.1, 0.15) is 12.8 Å². The third-order valence-electron chi connectivity index (χ3n) is 3.19. The lowest BCUT2D eigenvalue weighted by atomic mass is 10.1. The molecule has 0 aliphatic carbocycles. The van der Waals surface area contributed by atoms with Gasteiger partial charge in [0.05, 0.1) is 4.92 Å². The second-order valence-corrected chi connectivity index (χ2v) is 4.75. The van der Waals surface area contributed by atoms with E-state index in [1.54, 1.807) is 0 Å². The minimum absolute atomic E-state index is 0. The highest BCUT2D eigenvalue weighted by Gasteiger charge is 2.17. The van der Waals surface area contributed by atoms with Gasteiger partial charge in [-0.25, -0.2) is 0 Å². The van der Waals surface area contributed by atoms with E-state index >= 15 is 0 Å². The molecule has 0 unspecified atom stereocenters. The smallest absolute Gasteiger partial charge is 0.305 e. The van der Waals surface area contributed by atoms with E-state index in [0.29, 0.717) is 0 Å². The molecule has 0 spiro atoms. The van der Waals surface area contributed by atoms with Gasteiger partial charge in [0.1, 0.15) is 5.75 Å². The first-order valence-corrected chi connectivity index (χ1v) is 6.63. The van der Waals surface area contributed by atoms with Crippen LogP contribution in [0.3, 0.4) is 0 Å². The van der Waals surface area contributed by atoms with Crippen LogP contribution in [0, 0.1) is 15.9 Å². The molecular formula is C13H17ClFN3O4.